The number of aromatic nitrogens is 1. The van der Waals surface area contributed by atoms with Gasteiger partial charge in [0.25, 0.3) is 0 Å². The number of nitrogens with zero attached hydrogens (tertiary/aromatic N) is 2. The smallest absolute Gasteiger partial charge is 0.213 e. The quantitative estimate of drug-likeness (QED) is 0.272. The highest BCUT2D eigenvalue weighted by atomic mass is 127. The van der Waals surface area contributed by atoms with Crippen molar-refractivity contribution in [1.29, 1.82) is 0 Å². The number of aliphatic imine (C=N–C) groups is 1. The molecule has 1 aromatic rings. The number of pyridine rings is 1. The summed E-state index contributed by atoms with van der Waals surface area (Å²) in [6, 6.07) is 3.98. The Labute approximate surface area is 156 Å². The van der Waals surface area contributed by atoms with Gasteiger partial charge >= 0.3 is 0 Å². The van der Waals surface area contributed by atoms with Gasteiger partial charge in [-0.1, -0.05) is 13.3 Å². The largest absolute Gasteiger partial charge is 0.477 e. The van der Waals surface area contributed by atoms with Gasteiger partial charge in [-0.05, 0) is 43.7 Å². The van der Waals surface area contributed by atoms with Crippen LogP contribution < -0.4 is 15.4 Å². The zero-order chi connectivity index (χ0) is 15.6. The Hall–Kier alpha value is -1.05. The molecule has 0 unspecified atom stereocenters. The topological polar surface area (TPSA) is 58.5 Å². The van der Waals surface area contributed by atoms with E-state index < -0.39 is 0 Å². The molecule has 1 saturated carbocycles. The number of rotatable bonds is 9. The fourth-order valence-corrected chi connectivity index (χ4v) is 2.01. The highest BCUT2D eigenvalue weighted by Gasteiger charge is 2.22. The zero-order valence-corrected chi connectivity index (χ0v) is 16.5. The van der Waals surface area contributed by atoms with Crippen molar-refractivity contribution in [2.75, 3.05) is 19.7 Å². The fraction of sp³-hybridized carbons (Fsp3) is 0.647. The van der Waals surface area contributed by atoms with Gasteiger partial charge in [-0.3, -0.25) is 0 Å². The molecule has 1 heterocycles. The first kappa shape index (κ1) is 20.0. The van der Waals surface area contributed by atoms with Gasteiger partial charge in [0.1, 0.15) is 0 Å². The van der Waals surface area contributed by atoms with Crippen molar-refractivity contribution in [3.63, 3.8) is 0 Å². The van der Waals surface area contributed by atoms with Crippen molar-refractivity contribution < 1.29 is 4.74 Å². The van der Waals surface area contributed by atoms with Crippen molar-refractivity contribution in [2.24, 2.45) is 10.9 Å². The van der Waals surface area contributed by atoms with Crippen LogP contribution in [0.25, 0.3) is 0 Å². The van der Waals surface area contributed by atoms with Crippen LogP contribution in [0.15, 0.2) is 23.3 Å². The van der Waals surface area contributed by atoms with Crippen LogP contribution in [0.3, 0.4) is 0 Å². The monoisotopic (exact) mass is 432 g/mol. The van der Waals surface area contributed by atoms with E-state index in [0.29, 0.717) is 12.4 Å². The lowest BCUT2D eigenvalue weighted by Crippen LogP contribution is -2.37. The van der Waals surface area contributed by atoms with E-state index in [-0.39, 0.29) is 24.0 Å². The van der Waals surface area contributed by atoms with E-state index in [1.165, 1.54) is 19.3 Å². The number of ether oxygens (including phenoxy) is 1. The predicted molar refractivity (Wildman–Crippen MR) is 106 cm³/mol. The molecule has 0 radical (unpaired) electrons. The third-order valence-electron chi connectivity index (χ3n) is 3.55. The lowest BCUT2D eigenvalue weighted by molar-refractivity contribution is 0.288. The lowest BCUT2D eigenvalue weighted by Gasteiger charge is -2.11. The molecule has 6 heteroatoms. The average molecular weight is 432 g/mol. The van der Waals surface area contributed by atoms with Gasteiger partial charge in [0.2, 0.25) is 5.88 Å². The van der Waals surface area contributed by atoms with Crippen LogP contribution in [0, 0.1) is 5.92 Å². The molecule has 1 aliphatic rings. The summed E-state index contributed by atoms with van der Waals surface area (Å²) in [5, 5.41) is 6.61. The first-order valence-electron chi connectivity index (χ1n) is 8.41. The summed E-state index contributed by atoms with van der Waals surface area (Å²) in [4.78, 5) is 8.88. The van der Waals surface area contributed by atoms with Crippen molar-refractivity contribution in [2.45, 2.75) is 46.1 Å². The molecule has 23 heavy (non-hydrogen) atoms. The second kappa shape index (κ2) is 11.5. The maximum absolute atomic E-state index is 5.71. The number of unbranched alkanes of at least 4 members (excludes halogenated alkanes) is 1. The molecule has 0 spiro atoms. The molecule has 1 aromatic heterocycles. The number of nitrogens with one attached hydrogen (secondary N) is 2. The first-order chi connectivity index (χ1) is 10.8. The summed E-state index contributed by atoms with van der Waals surface area (Å²) >= 11 is 0. The predicted octanol–water partition coefficient (Wildman–Crippen LogP) is 3.34. The molecule has 0 bridgehead atoms. The van der Waals surface area contributed by atoms with Crippen LogP contribution in [0.2, 0.25) is 0 Å². The van der Waals surface area contributed by atoms with Crippen LogP contribution in [0.4, 0.5) is 0 Å². The van der Waals surface area contributed by atoms with Crippen molar-refractivity contribution in [3.8, 4) is 5.88 Å². The molecule has 5 nitrogen and oxygen atoms in total. The Morgan fingerprint density at radius 1 is 1.35 bits per heavy atom. The maximum atomic E-state index is 5.71. The van der Waals surface area contributed by atoms with E-state index in [1.807, 2.05) is 12.1 Å². The number of hydrogen-bond donors (Lipinski definition) is 2. The standard InChI is InChI=1S/C17H28N4O.HI/c1-3-5-9-20-17(18-4-2)21-12-15-8-10-19-16(11-15)22-13-14-6-7-14;/h8,10-11,14H,3-7,9,12-13H2,1-2H3,(H2,18,20,21);1H. The van der Waals surface area contributed by atoms with Crippen LogP contribution in [-0.4, -0.2) is 30.6 Å². The van der Waals surface area contributed by atoms with Crippen LogP contribution >= 0.6 is 24.0 Å². The summed E-state index contributed by atoms with van der Waals surface area (Å²) in [5.74, 6) is 2.32. The third kappa shape index (κ3) is 8.39. The van der Waals surface area contributed by atoms with Gasteiger partial charge in [-0.25, -0.2) is 9.98 Å². The van der Waals surface area contributed by atoms with E-state index in [0.717, 1.165) is 43.6 Å². The Morgan fingerprint density at radius 3 is 2.87 bits per heavy atom. The minimum atomic E-state index is 0. The summed E-state index contributed by atoms with van der Waals surface area (Å²) in [6.45, 7) is 7.50. The van der Waals surface area contributed by atoms with Gasteiger partial charge < -0.3 is 15.4 Å². The fourth-order valence-electron chi connectivity index (χ4n) is 2.01. The second-order valence-corrected chi connectivity index (χ2v) is 5.73. The summed E-state index contributed by atoms with van der Waals surface area (Å²) < 4.78 is 5.71. The normalized spacial score (nSPS) is 14.1. The third-order valence-corrected chi connectivity index (χ3v) is 3.55. The highest BCUT2D eigenvalue weighted by Crippen LogP contribution is 2.29. The lowest BCUT2D eigenvalue weighted by atomic mass is 10.3. The van der Waals surface area contributed by atoms with Gasteiger partial charge in [0.05, 0.1) is 13.2 Å². The zero-order valence-electron chi connectivity index (χ0n) is 14.2. The van der Waals surface area contributed by atoms with Gasteiger partial charge in [0.15, 0.2) is 5.96 Å². The molecule has 1 aliphatic carbocycles. The number of guanidine groups is 1. The van der Waals surface area contributed by atoms with Gasteiger partial charge in [-0.2, -0.15) is 0 Å². The van der Waals surface area contributed by atoms with E-state index in [2.05, 4.69) is 34.5 Å². The summed E-state index contributed by atoms with van der Waals surface area (Å²) in [6.07, 6.45) is 6.71. The molecule has 0 aromatic carbocycles. The van der Waals surface area contributed by atoms with Gasteiger partial charge in [0, 0.05) is 25.4 Å². The molecule has 1 fully saturated rings. The molecule has 0 amide bonds. The Bertz CT molecular complexity index is 477. The number of halogens is 1. The number of hydrogen-bond acceptors (Lipinski definition) is 3. The second-order valence-electron chi connectivity index (χ2n) is 5.73. The van der Waals surface area contributed by atoms with Crippen molar-refractivity contribution >= 4 is 29.9 Å². The summed E-state index contributed by atoms with van der Waals surface area (Å²) in [5.41, 5.74) is 1.12. The van der Waals surface area contributed by atoms with E-state index in [9.17, 15) is 0 Å². The molecule has 0 atom stereocenters. The molecule has 2 N–H and O–H groups in total. The van der Waals surface area contributed by atoms with Gasteiger partial charge in [-0.15, -0.1) is 24.0 Å². The van der Waals surface area contributed by atoms with Crippen LogP contribution in [0.1, 0.15) is 45.1 Å². The Balaban J connectivity index is 0.00000264. The highest BCUT2D eigenvalue weighted by molar-refractivity contribution is 14.0. The summed E-state index contributed by atoms with van der Waals surface area (Å²) in [7, 11) is 0. The van der Waals surface area contributed by atoms with E-state index >= 15 is 0 Å². The van der Waals surface area contributed by atoms with Crippen LogP contribution in [0.5, 0.6) is 5.88 Å². The minimum absolute atomic E-state index is 0. The molecular formula is C17H29IN4O. The first-order valence-corrected chi connectivity index (χ1v) is 8.41. The molecule has 130 valence electrons. The van der Waals surface area contributed by atoms with E-state index in [4.69, 9.17) is 4.74 Å². The Morgan fingerprint density at radius 2 is 2.17 bits per heavy atom. The van der Waals surface area contributed by atoms with Crippen LogP contribution in [-0.2, 0) is 6.54 Å². The van der Waals surface area contributed by atoms with Crippen molar-refractivity contribution in [3.05, 3.63) is 23.9 Å². The molecular weight excluding hydrogens is 403 g/mol. The minimum Gasteiger partial charge on any atom is -0.477 e. The Kier molecular flexibility index (Phi) is 9.98. The SMILES string of the molecule is CCCCNC(=NCc1ccnc(OCC2CC2)c1)NCC.I. The average Bonchev–Trinajstić information content (AvgIpc) is 3.36. The molecule has 0 saturated heterocycles. The molecule has 2 rings (SSSR count). The van der Waals surface area contributed by atoms with E-state index in [1.54, 1.807) is 6.20 Å². The molecule has 0 aliphatic heterocycles. The maximum Gasteiger partial charge on any atom is 0.213 e. The van der Waals surface area contributed by atoms with Crippen molar-refractivity contribution in [1.82, 2.24) is 15.6 Å².